The molecular formula is C11H11ClO3S. The van der Waals surface area contributed by atoms with Crippen LogP contribution in [0.25, 0.3) is 6.08 Å². The summed E-state index contributed by atoms with van der Waals surface area (Å²) in [5, 5.41) is 0. The maximum atomic E-state index is 11.5. The number of hydrogen-bond acceptors (Lipinski definition) is 4. The molecule has 0 fully saturated rings. The van der Waals surface area contributed by atoms with Gasteiger partial charge in [0.1, 0.15) is 5.57 Å². The predicted molar refractivity (Wildman–Crippen MR) is 64.6 cm³/mol. The van der Waals surface area contributed by atoms with Gasteiger partial charge in [0, 0.05) is 4.88 Å². The molecule has 0 aliphatic carbocycles. The highest BCUT2D eigenvalue weighted by atomic mass is 35.5. The fourth-order valence-electron chi connectivity index (χ4n) is 1.06. The second-order valence-electron chi connectivity index (χ2n) is 2.98. The molecule has 0 aliphatic heterocycles. The topological polar surface area (TPSA) is 43.4 Å². The van der Waals surface area contributed by atoms with Gasteiger partial charge in [0.25, 0.3) is 0 Å². The number of ether oxygens (including phenoxy) is 1. The molecule has 0 aromatic carbocycles. The van der Waals surface area contributed by atoms with E-state index >= 15 is 0 Å². The summed E-state index contributed by atoms with van der Waals surface area (Å²) < 4.78 is 5.40. The highest BCUT2D eigenvalue weighted by Crippen LogP contribution is 2.23. The number of esters is 1. The first-order valence-electron chi connectivity index (χ1n) is 4.69. The lowest BCUT2D eigenvalue weighted by Gasteiger charge is -2.02. The number of carbonyl (C=O) groups is 2. The summed E-state index contributed by atoms with van der Waals surface area (Å²) >= 11 is 7.05. The summed E-state index contributed by atoms with van der Waals surface area (Å²) in [6.07, 6.45) is 1.50. The van der Waals surface area contributed by atoms with E-state index in [1.54, 1.807) is 19.1 Å². The van der Waals surface area contributed by atoms with Crippen LogP contribution in [0.1, 0.15) is 18.7 Å². The zero-order valence-corrected chi connectivity index (χ0v) is 10.5. The highest BCUT2D eigenvalue weighted by Gasteiger charge is 2.15. The molecule has 0 spiro atoms. The van der Waals surface area contributed by atoms with Crippen LogP contribution in [0.5, 0.6) is 0 Å². The third kappa shape index (κ3) is 3.47. The summed E-state index contributed by atoms with van der Waals surface area (Å²) in [5.74, 6) is -0.914. The molecule has 0 bridgehead atoms. The summed E-state index contributed by atoms with van der Waals surface area (Å²) in [4.78, 5) is 23.5. The van der Waals surface area contributed by atoms with Crippen LogP contribution >= 0.6 is 22.9 Å². The fourth-order valence-corrected chi connectivity index (χ4v) is 2.07. The summed E-state index contributed by atoms with van der Waals surface area (Å²) in [5.41, 5.74) is 0.0420. The Balaban J connectivity index is 2.98. The van der Waals surface area contributed by atoms with Crippen molar-refractivity contribution >= 4 is 40.8 Å². The van der Waals surface area contributed by atoms with E-state index in [2.05, 4.69) is 0 Å². The van der Waals surface area contributed by atoms with Gasteiger partial charge in [0.05, 0.1) is 10.9 Å². The highest BCUT2D eigenvalue weighted by molar-refractivity contribution is 7.17. The predicted octanol–water partition coefficient (Wildman–Crippen LogP) is 2.94. The van der Waals surface area contributed by atoms with E-state index in [1.165, 1.54) is 24.3 Å². The van der Waals surface area contributed by atoms with E-state index < -0.39 is 5.97 Å². The van der Waals surface area contributed by atoms with Crippen LogP contribution in [-0.2, 0) is 14.3 Å². The van der Waals surface area contributed by atoms with E-state index in [4.69, 9.17) is 16.3 Å². The van der Waals surface area contributed by atoms with Gasteiger partial charge in [-0.05, 0) is 32.1 Å². The summed E-state index contributed by atoms with van der Waals surface area (Å²) in [7, 11) is 0. The van der Waals surface area contributed by atoms with Crippen LogP contribution < -0.4 is 0 Å². The minimum absolute atomic E-state index is 0.0420. The van der Waals surface area contributed by atoms with Crippen LogP contribution in [0.4, 0.5) is 0 Å². The van der Waals surface area contributed by atoms with Crippen molar-refractivity contribution < 1.29 is 14.3 Å². The molecule has 0 unspecified atom stereocenters. The number of ketones is 1. The Morgan fingerprint density at radius 3 is 2.62 bits per heavy atom. The maximum Gasteiger partial charge on any atom is 0.341 e. The lowest BCUT2D eigenvalue weighted by Crippen LogP contribution is -2.13. The smallest absolute Gasteiger partial charge is 0.341 e. The van der Waals surface area contributed by atoms with Gasteiger partial charge in [-0.2, -0.15) is 0 Å². The number of thiophene rings is 1. The third-order valence-corrected chi connectivity index (χ3v) is 2.93. The second-order valence-corrected chi connectivity index (χ2v) is 4.72. The Hall–Kier alpha value is -1.13. The second kappa shape index (κ2) is 5.82. The van der Waals surface area contributed by atoms with Crippen molar-refractivity contribution in [2.24, 2.45) is 0 Å². The molecule has 3 nitrogen and oxygen atoms in total. The van der Waals surface area contributed by atoms with Gasteiger partial charge in [-0.1, -0.05) is 11.6 Å². The average molecular weight is 259 g/mol. The Bertz CT molecular complexity index is 434. The normalized spacial score (nSPS) is 11.3. The third-order valence-electron chi connectivity index (χ3n) is 1.76. The van der Waals surface area contributed by atoms with E-state index in [-0.39, 0.29) is 18.0 Å². The van der Waals surface area contributed by atoms with Gasteiger partial charge in [0.15, 0.2) is 5.78 Å². The molecule has 5 heteroatoms. The number of carbonyl (C=O) groups excluding carboxylic acids is 2. The molecule has 1 aromatic rings. The first-order chi connectivity index (χ1) is 7.54. The molecule has 1 heterocycles. The molecule has 1 rings (SSSR count). The maximum absolute atomic E-state index is 11.5. The summed E-state index contributed by atoms with van der Waals surface area (Å²) in [6.45, 7) is 3.27. The molecule has 1 aromatic heterocycles. The summed E-state index contributed by atoms with van der Waals surface area (Å²) in [6, 6.07) is 3.45. The van der Waals surface area contributed by atoms with Crippen LogP contribution in [0.2, 0.25) is 4.34 Å². The van der Waals surface area contributed by atoms with E-state index in [1.807, 2.05) is 0 Å². The SMILES string of the molecule is CCOC(=O)C(=Cc1ccc(Cl)s1)C(C)=O. The molecule has 0 saturated carbocycles. The molecule has 0 atom stereocenters. The van der Waals surface area contributed by atoms with Crippen LogP contribution in [-0.4, -0.2) is 18.4 Å². The van der Waals surface area contributed by atoms with Crippen molar-refractivity contribution in [1.82, 2.24) is 0 Å². The van der Waals surface area contributed by atoms with Crippen molar-refractivity contribution in [3.05, 3.63) is 26.9 Å². The van der Waals surface area contributed by atoms with E-state index in [0.29, 0.717) is 4.34 Å². The molecular weight excluding hydrogens is 248 g/mol. The van der Waals surface area contributed by atoms with Crippen LogP contribution in [0.15, 0.2) is 17.7 Å². The zero-order valence-electron chi connectivity index (χ0n) is 8.95. The van der Waals surface area contributed by atoms with E-state index in [9.17, 15) is 9.59 Å². The number of rotatable bonds is 4. The van der Waals surface area contributed by atoms with E-state index in [0.717, 1.165) is 4.88 Å². The van der Waals surface area contributed by atoms with Gasteiger partial charge in [0.2, 0.25) is 0 Å². The zero-order chi connectivity index (χ0) is 12.1. The minimum Gasteiger partial charge on any atom is -0.462 e. The lowest BCUT2D eigenvalue weighted by atomic mass is 10.1. The van der Waals surface area contributed by atoms with Gasteiger partial charge >= 0.3 is 5.97 Å². The lowest BCUT2D eigenvalue weighted by molar-refractivity contribution is -0.139. The van der Waals surface area contributed by atoms with Crippen molar-refractivity contribution in [2.45, 2.75) is 13.8 Å². The molecule has 86 valence electrons. The van der Waals surface area contributed by atoms with Crippen molar-refractivity contribution in [3.8, 4) is 0 Å². The number of hydrogen-bond donors (Lipinski definition) is 0. The largest absolute Gasteiger partial charge is 0.462 e. The quantitative estimate of drug-likeness (QED) is 0.361. The first-order valence-corrected chi connectivity index (χ1v) is 5.89. The van der Waals surface area contributed by atoms with Crippen LogP contribution in [0.3, 0.4) is 0 Å². The van der Waals surface area contributed by atoms with Crippen LogP contribution in [0, 0.1) is 0 Å². The molecule has 0 N–H and O–H groups in total. The Morgan fingerprint density at radius 1 is 1.50 bits per heavy atom. The minimum atomic E-state index is -0.598. The first kappa shape index (κ1) is 12.9. The monoisotopic (exact) mass is 258 g/mol. The van der Waals surface area contributed by atoms with Gasteiger partial charge < -0.3 is 4.74 Å². The Labute approximate surface area is 103 Å². The van der Waals surface area contributed by atoms with Crippen molar-refractivity contribution in [3.63, 3.8) is 0 Å². The van der Waals surface area contributed by atoms with Gasteiger partial charge in [-0.3, -0.25) is 4.79 Å². The fraction of sp³-hybridized carbons (Fsp3) is 0.273. The molecule has 0 aliphatic rings. The Kier molecular flexibility index (Phi) is 4.71. The van der Waals surface area contributed by atoms with Gasteiger partial charge in [-0.15, -0.1) is 11.3 Å². The molecule has 0 amide bonds. The Morgan fingerprint density at radius 2 is 2.19 bits per heavy atom. The molecule has 0 saturated heterocycles. The number of halogens is 1. The van der Waals surface area contributed by atoms with Crippen molar-refractivity contribution in [2.75, 3.05) is 6.61 Å². The molecule has 0 radical (unpaired) electrons. The molecule has 16 heavy (non-hydrogen) atoms. The van der Waals surface area contributed by atoms with Crippen molar-refractivity contribution in [1.29, 1.82) is 0 Å². The number of Topliss-reactive ketones (excluding diaryl/α,β-unsaturated/α-hetero) is 1. The standard InChI is InChI=1S/C11H11ClO3S/c1-3-15-11(14)9(7(2)13)6-8-4-5-10(12)16-8/h4-6H,3H2,1-2H3. The average Bonchev–Trinajstić information content (AvgIpc) is 2.60. The van der Waals surface area contributed by atoms with Gasteiger partial charge in [-0.25, -0.2) is 4.79 Å².